The van der Waals surface area contributed by atoms with Crippen molar-refractivity contribution in [2.75, 3.05) is 11.9 Å². The first-order chi connectivity index (χ1) is 11.8. The molecule has 138 valence electrons. The number of nitrogens with one attached hydrogen (secondary N) is 2. The lowest BCUT2D eigenvalue weighted by Crippen LogP contribution is -2.41. The molecule has 9 heteroatoms. The van der Waals surface area contributed by atoms with Crippen molar-refractivity contribution in [3.63, 3.8) is 0 Å². The molecule has 1 aliphatic carbocycles. The number of carboxylic acids is 1. The first kappa shape index (κ1) is 19.2. The average Bonchev–Trinajstić information content (AvgIpc) is 2.55. The van der Waals surface area contributed by atoms with Crippen molar-refractivity contribution in [2.24, 2.45) is 5.92 Å². The fourth-order valence-electron chi connectivity index (χ4n) is 2.70. The lowest BCUT2D eigenvalue weighted by Gasteiger charge is -2.27. The number of alkyl halides is 2. The Kier molecular flexibility index (Phi) is 6.81. The van der Waals surface area contributed by atoms with E-state index in [1.54, 1.807) is 0 Å². The molecule has 0 spiro atoms. The van der Waals surface area contributed by atoms with Gasteiger partial charge >= 0.3 is 12.0 Å². The highest BCUT2D eigenvalue weighted by Crippen LogP contribution is 2.29. The zero-order chi connectivity index (χ0) is 18.4. The predicted molar refractivity (Wildman–Crippen MR) is 88.5 cm³/mol. The summed E-state index contributed by atoms with van der Waals surface area (Å²) < 4.78 is 29.6. The summed E-state index contributed by atoms with van der Waals surface area (Å²) in [6.45, 7) is -0.810. The van der Waals surface area contributed by atoms with Crippen molar-refractivity contribution in [2.45, 2.75) is 38.2 Å². The fraction of sp³-hybridized carbons (Fsp3) is 0.500. The van der Waals surface area contributed by atoms with E-state index in [2.05, 4.69) is 10.6 Å². The van der Waals surface area contributed by atoms with Crippen LogP contribution >= 0.6 is 11.6 Å². The van der Waals surface area contributed by atoms with Gasteiger partial charge in [-0.3, -0.25) is 4.79 Å². The Hall–Kier alpha value is -2.09. The van der Waals surface area contributed by atoms with Crippen LogP contribution in [0.2, 0.25) is 5.02 Å². The minimum Gasteiger partial charge on any atom is -0.485 e. The molecule has 25 heavy (non-hydrogen) atoms. The second kappa shape index (κ2) is 8.84. The van der Waals surface area contributed by atoms with E-state index < -0.39 is 25.0 Å². The highest BCUT2D eigenvalue weighted by molar-refractivity contribution is 6.30. The number of aliphatic carboxylic acids is 1. The van der Waals surface area contributed by atoms with Crippen LogP contribution in [0.25, 0.3) is 0 Å². The first-order valence-electron chi connectivity index (χ1n) is 7.86. The lowest BCUT2D eigenvalue weighted by molar-refractivity contribution is -0.142. The summed E-state index contributed by atoms with van der Waals surface area (Å²) in [6, 6.07) is 3.67. The molecule has 0 atom stereocenters. The molecule has 0 bridgehead atoms. The quantitative estimate of drug-likeness (QED) is 0.705. The largest absolute Gasteiger partial charge is 0.485 e. The summed E-state index contributed by atoms with van der Waals surface area (Å²) >= 11 is 5.82. The molecule has 1 aromatic rings. The van der Waals surface area contributed by atoms with E-state index in [9.17, 15) is 18.4 Å². The van der Waals surface area contributed by atoms with E-state index in [1.807, 2.05) is 0 Å². The van der Waals surface area contributed by atoms with Gasteiger partial charge in [0, 0.05) is 17.1 Å². The maximum absolute atomic E-state index is 12.3. The zero-order valence-corrected chi connectivity index (χ0v) is 14.1. The third-order valence-corrected chi connectivity index (χ3v) is 4.20. The smallest absolute Gasteiger partial charge is 0.319 e. The number of halogens is 3. The van der Waals surface area contributed by atoms with E-state index in [0.717, 1.165) is 0 Å². The summed E-state index contributed by atoms with van der Waals surface area (Å²) in [5.41, 5.74) is 0.224. The third kappa shape index (κ3) is 6.04. The van der Waals surface area contributed by atoms with E-state index in [-0.39, 0.29) is 23.4 Å². The minimum absolute atomic E-state index is 0.0533. The molecule has 1 saturated carbocycles. The van der Waals surface area contributed by atoms with Crippen LogP contribution in [0.3, 0.4) is 0 Å². The summed E-state index contributed by atoms with van der Waals surface area (Å²) in [6.07, 6.45) is -0.502. The third-order valence-electron chi connectivity index (χ3n) is 3.97. The summed E-state index contributed by atoms with van der Waals surface area (Å²) in [5.74, 6) is -1.13. The molecule has 0 aromatic heterocycles. The van der Waals surface area contributed by atoms with Gasteiger partial charge < -0.3 is 20.5 Å². The molecule has 0 radical (unpaired) electrons. The lowest BCUT2D eigenvalue weighted by atomic mass is 9.86. The zero-order valence-electron chi connectivity index (χ0n) is 13.3. The SMILES string of the molecule is O=C(Nc1ccc(Cl)cc1OCC(F)F)NC1CCC(C(=O)O)CC1. The highest BCUT2D eigenvalue weighted by Gasteiger charge is 2.26. The number of urea groups is 1. The van der Waals surface area contributed by atoms with E-state index in [1.165, 1.54) is 18.2 Å². The van der Waals surface area contributed by atoms with Gasteiger partial charge in [-0.15, -0.1) is 0 Å². The maximum Gasteiger partial charge on any atom is 0.319 e. The van der Waals surface area contributed by atoms with E-state index >= 15 is 0 Å². The van der Waals surface area contributed by atoms with Crippen LogP contribution in [0.4, 0.5) is 19.3 Å². The van der Waals surface area contributed by atoms with Gasteiger partial charge in [-0.1, -0.05) is 11.6 Å². The second-order valence-electron chi connectivity index (χ2n) is 5.83. The molecular weight excluding hydrogens is 358 g/mol. The number of anilines is 1. The summed E-state index contributed by atoms with van der Waals surface area (Å²) in [4.78, 5) is 23.0. The molecule has 1 aliphatic rings. The first-order valence-corrected chi connectivity index (χ1v) is 8.23. The average molecular weight is 377 g/mol. The number of benzene rings is 1. The molecule has 1 aromatic carbocycles. The van der Waals surface area contributed by atoms with Crippen LogP contribution < -0.4 is 15.4 Å². The Morgan fingerprint density at radius 1 is 1.28 bits per heavy atom. The number of carbonyl (C=O) groups excluding carboxylic acids is 1. The Labute approximate surface area is 148 Å². The van der Waals surface area contributed by atoms with Crippen LogP contribution in [0, 0.1) is 5.92 Å². The van der Waals surface area contributed by atoms with Crippen molar-refractivity contribution in [3.05, 3.63) is 23.2 Å². The van der Waals surface area contributed by atoms with Crippen LogP contribution in [-0.4, -0.2) is 36.2 Å². The Bertz CT molecular complexity index is 622. The molecule has 2 amide bonds. The molecule has 0 aliphatic heterocycles. The molecule has 0 unspecified atom stereocenters. The van der Waals surface area contributed by atoms with Crippen molar-refractivity contribution >= 4 is 29.3 Å². The number of hydrogen-bond donors (Lipinski definition) is 3. The number of carboxylic acid groups (broad SMARTS) is 1. The topological polar surface area (TPSA) is 87.7 Å². The van der Waals surface area contributed by atoms with E-state index in [4.69, 9.17) is 21.4 Å². The van der Waals surface area contributed by atoms with Gasteiger partial charge in [0.1, 0.15) is 12.4 Å². The summed E-state index contributed by atoms with van der Waals surface area (Å²) in [5, 5.41) is 14.6. The standard InChI is InChI=1S/C16H19ClF2N2O4/c17-10-3-6-12(13(7-10)25-8-14(18)19)21-16(24)20-11-4-1-9(2-5-11)15(22)23/h3,6-7,9,11,14H,1-2,4-5,8H2,(H,22,23)(H2,20,21,24). The Morgan fingerprint density at radius 2 is 1.96 bits per heavy atom. The fourth-order valence-corrected chi connectivity index (χ4v) is 2.86. The number of rotatable bonds is 6. The number of amides is 2. The van der Waals surface area contributed by atoms with Crippen molar-refractivity contribution in [1.82, 2.24) is 5.32 Å². The van der Waals surface area contributed by atoms with Gasteiger partial charge in [-0.2, -0.15) is 0 Å². The van der Waals surface area contributed by atoms with Crippen LogP contribution in [0.15, 0.2) is 18.2 Å². The second-order valence-corrected chi connectivity index (χ2v) is 6.26. The van der Waals surface area contributed by atoms with Gasteiger partial charge in [0.15, 0.2) is 0 Å². The highest BCUT2D eigenvalue weighted by atomic mass is 35.5. The normalized spacial score (nSPS) is 20.2. The molecule has 6 nitrogen and oxygen atoms in total. The molecule has 0 heterocycles. The molecule has 1 fully saturated rings. The summed E-state index contributed by atoms with van der Waals surface area (Å²) in [7, 11) is 0. The number of hydrogen-bond acceptors (Lipinski definition) is 3. The number of ether oxygens (including phenoxy) is 1. The monoisotopic (exact) mass is 376 g/mol. The Balaban J connectivity index is 1.91. The number of carbonyl (C=O) groups is 2. The molecule has 0 saturated heterocycles. The van der Waals surface area contributed by atoms with Gasteiger partial charge in [0.2, 0.25) is 0 Å². The maximum atomic E-state index is 12.3. The van der Waals surface area contributed by atoms with Crippen molar-refractivity contribution < 1.29 is 28.2 Å². The van der Waals surface area contributed by atoms with Crippen molar-refractivity contribution in [1.29, 1.82) is 0 Å². The Morgan fingerprint density at radius 3 is 2.56 bits per heavy atom. The van der Waals surface area contributed by atoms with Gasteiger partial charge in [-0.25, -0.2) is 13.6 Å². The molecule has 3 N–H and O–H groups in total. The van der Waals surface area contributed by atoms with Crippen molar-refractivity contribution in [3.8, 4) is 5.75 Å². The predicted octanol–water partition coefficient (Wildman–Crippen LogP) is 3.75. The van der Waals surface area contributed by atoms with Gasteiger partial charge in [0.25, 0.3) is 6.43 Å². The van der Waals surface area contributed by atoms with Gasteiger partial charge in [0.05, 0.1) is 11.6 Å². The van der Waals surface area contributed by atoms with E-state index in [0.29, 0.717) is 30.7 Å². The van der Waals surface area contributed by atoms with Gasteiger partial charge in [-0.05, 0) is 37.8 Å². The molecule has 2 rings (SSSR count). The minimum atomic E-state index is -2.65. The molecular formula is C16H19ClF2N2O4. The van der Waals surface area contributed by atoms with Crippen LogP contribution in [-0.2, 0) is 4.79 Å². The van der Waals surface area contributed by atoms with Crippen LogP contribution in [0.5, 0.6) is 5.75 Å². The van der Waals surface area contributed by atoms with Crippen LogP contribution in [0.1, 0.15) is 25.7 Å².